The minimum atomic E-state index is -0.308. The van der Waals surface area contributed by atoms with E-state index in [2.05, 4.69) is 21.2 Å². The Morgan fingerprint density at radius 1 is 0.879 bits per heavy atom. The summed E-state index contributed by atoms with van der Waals surface area (Å²) in [4.78, 5) is 30.5. The van der Waals surface area contributed by atoms with Crippen LogP contribution >= 0.6 is 0 Å². The second-order valence-electron chi connectivity index (χ2n) is 8.13. The lowest BCUT2D eigenvalue weighted by atomic mass is 10.0. The number of hydrogen-bond donors (Lipinski definition) is 1. The van der Waals surface area contributed by atoms with E-state index < -0.39 is 0 Å². The van der Waals surface area contributed by atoms with E-state index in [1.165, 1.54) is 0 Å². The van der Waals surface area contributed by atoms with Gasteiger partial charge in [-0.3, -0.25) is 14.5 Å². The van der Waals surface area contributed by atoms with Gasteiger partial charge in [-0.25, -0.2) is 0 Å². The monoisotopic (exact) mass is 443 g/mol. The third kappa shape index (κ3) is 5.23. The van der Waals surface area contributed by atoms with Crippen molar-refractivity contribution in [2.24, 2.45) is 0 Å². The molecule has 33 heavy (non-hydrogen) atoms. The second kappa shape index (κ2) is 10.3. The lowest BCUT2D eigenvalue weighted by Crippen LogP contribution is -2.52. The topological polar surface area (TPSA) is 61.9 Å². The Bertz CT molecular complexity index is 1110. The average Bonchev–Trinajstić information content (AvgIpc) is 2.88. The Balaban J connectivity index is 1.39. The van der Waals surface area contributed by atoms with Crippen molar-refractivity contribution in [1.82, 2.24) is 4.90 Å². The van der Waals surface area contributed by atoms with Gasteiger partial charge in [-0.05, 0) is 31.2 Å². The Kier molecular flexibility index (Phi) is 7.05. The fraction of sp³-hybridized carbons (Fsp3) is 0.259. The van der Waals surface area contributed by atoms with Gasteiger partial charge < -0.3 is 15.0 Å². The Morgan fingerprint density at radius 2 is 1.58 bits per heavy atom. The third-order valence-corrected chi connectivity index (χ3v) is 6.13. The molecule has 1 unspecified atom stereocenters. The summed E-state index contributed by atoms with van der Waals surface area (Å²) in [5.41, 5.74) is 2.76. The molecular formula is C27H29N3O3. The van der Waals surface area contributed by atoms with E-state index in [-0.39, 0.29) is 17.7 Å². The van der Waals surface area contributed by atoms with E-state index >= 15 is 0 Å². The summed E-state index contributed by atoms with van der Waals surface area (Å²) in [5, 5.41) is 2.98. The number of ketones is 1. The van der Waals surface area contributed by atoms with Gasteiger partial charge in [0, 0.05) is 49.1 Å². The third-order valence-electron chi connectivity index (χ3n) is 6.13. The number of methoxy groups -OCH3 is 1. The fourth-order valence-corrected chi connectivity index (χ4v) is 4.11. The normalized spacial score (nSPS) is 15.0. The van der Waals surface area contributed by atoms with E-state index in [0.29, 0.717) is 16.8 Å². The van der Waals surface area contributed by atoms with Crippen molar-refractivity contribution in [3.63, 3.8) is 0 Å². The zero-order chi connectivity index (χ0) is 23.2. The lowest BCUT2D eigenvalue weighted by molar-refractivity contribution is -0.120. The number of nitrogens with zero attached hydrogens (tertiary/aromatic N) is 2. The Hall–Kier alpha value is -3.64. The maximum atomic E-state index is 13.1. The number of hydrogen-bond acceptors (Lipinski definition) is 5. The second-order valence-corrected chi connectivity index (χ2v) is 8.13. The van der Waals surface area contributed by atoms with E-state index in [9.17, 15) is 9.59 Å². The molecule has 0 bridgehead atoms. The summed E-state index contributed by atoms with van der Waals surface area (Å²) in [6.45, 7) is 5.12. The lowest BCUT2D eigenvalue weighted by Gasteiger charge is -2.38. The van der Waals surface area contributed by atoms with Gasteiger partial charge in [-0.1, -0.05) is 48.5 Å². The summed E-state index contributed by atoms with van der Waals surface area (Å²) in [6.07, 6.45) is 0. The molecule has 3 aromatic carbocycles. The standard InChI is InChI=1S/C27H29N3O3/c1-20(29-15-17-30(18-16-29)22-11-8-12-23(19-22)33-2)27(32)28-25-14-7-6-13-24(25)26(31)21-9-4-3-5-10-21/h3-14,19-20H,15-18H2,1-2H3,(H,28,32). The molecule has 1 saturated heterocycles. The highest BCUT2D eigenvalue weighted by Gasteiger charge is 2.26. The minimum absolute atomic E-state index is 0.106. The van der Waals surface area contributed by atoms with Crippen LogP contribution in [0, 0.1) is 0 Å². The molecule has 1 amide bonds. The molecule has 6 heteroatoms. The van der Waals surface area contributed by atoms with E-state index in [1.807, 2.05) is 55.5 Å². The summed E-state index contributed by atoms with van der Waals surface area (Å²) >= 11 is 0. The summed E-state index contributed by atoms with van der Waals surface area (Å²) in [5.74, 6) is 0.621. The smallest absolute Gasteiger partial charge is 0.241 e. The molecule has 1 aliphatic rings. The van der Waals surface area contributed by atoms with Crippen LogP contribution < -0.4 is 15.0 Å². The number of carbonyl (C=O) groups is 2. The first-order valence-electron chi connectivity index (χ1n) is 11.2. The highest BCUT2D eigenvalue weighted by Crippen LogP contribution is 2.23. The largest absolute Gasteiger partial charge is 0.497 e. The van der Waals surface area contributed by atoms with Gasteiger partial charge in [-0.2, -0.15) is 0 Å². The van der Waals surface area contributed by atoms with Crippen LogP contribution in [0.15, 0.2) is 78.9 Å². The number of anilines is 2. The molecule has 4 rings (SSSR count). The van der Waals surface area contributed by atoms with Gasteiger partial charge in [0.1, 0.15) is 5.75 Å². The van der Waals surface area contributed by atoms with Crippen molar-refractivity contribution in [2.45, 2.75) is 13.0 Å². The molecule has 0 aromatic heterocycles. The fourth-order valence-electron chi connectivity index (χ4n) is 4.11. The molecule has 1 heterocycles. The van der Waals surface area contributed by atoms with E-state index in [4.69, 9.17) is 4.74 Å². The van der Waals surface area contributed by atoms with Gasteiger partial charge in [0.05, 0.1) is 18.8 Å². The number of carbonyl (C=O) groups excluding carboxylic acids is 2. The van der Waals surface area contributed by atoms with Crippen molar-refractivity contribution in [2.75, 3.05) is 43.5 Å². The molecule has 0 aliphatic carbocycles. The molecule has 1 aliphatic heterocycles. The van der Waals surface area contributed by atoms with Gasteiger partial charge >= 0.3 is 0 Å². The molecule has 6 nitrogen and oxygen atoms in total. The van der Waals surface area contributed by atoms with Crippen LogP contribution in [0.1, 0.15) is 22.8 Å². The van der Waals surface area contributed by atoms with Crippen LogP contribution in [0.25, 0.3) is 0 Å². The van der Waals surface area contributed by atoms with Crippen LogP contribution in [0.2, 0.25) is 0 Å². The maximum absolute atomic E-state index is 13.1. The van der Waals surface area contributed by atoms with Crippen LogP contribution in [-0.2, 0) is 4.79 Å². The molecule has 0 spiro atoms. The van der Waals surface area contributed by atoms with Crippen LogP contribution in [0.5, 0.6) is 5.75 Å². The van der Waals surface area contributed by atoms with E-state index in [0.717, 1.165) is 37.6 Å². The first-order chi connectivity index (χ1) is 16.1. The van der Waals surface area contributed by atoms with Gasteiger partial charge in [-0.15, -0.1) is 0 Å². The molecule has 3 aromatic rings. The zero-order valence-electron chi connectivity index (χ0n) is 19.0. The molecule has 1 atom stereocenters. The number of amides is 1. The maximum Gasteiger partial charge on any atom is 0.241 e. The zero-order valence-corrected chi connectivity index (χ0v) is 19.0. The number of benzene rings is 3. The van der Waals surface area contributed by atoms with E-state index in [1.54, 1.807) is 31.4 Å². The van der Waals surface area contributed by atoms with Crippen molar-refractivity contribution in [3.05, 3.63) is 90.0 Å². The predicted molar refractivity (Wildman–Crippen MR) is 131 cm³/mol. The average molecular weight is 444 g/mol. The Labute approximate surface area is 194 Å². The number of para-hydroxylation sites is 1. The first-order valence-corrected chi connectivity index (χ1v) is 11.2. The summed E-state index contributed by atoms with van der Waals surface area (Å²) < 4.78 is 5.33. The van der Waals surface area contributed by atoms with Crippen LogP contribution in [0.3, 0.4) is 0 Å². The SMILES string of the molecule is COc1cccc(N2CCN(C(C)C(=O)Nc3ccccc3C(=O)c3ccccc3)CC2)c1. The van der Waals surface area contributed by atoms with Crippen LogP contribution in [0.4, 0.5) is 11.4 Å². The quantitative estimate of drug-likeness (QED) is 0.558. The van der Waals surface area contributed by atoms with Crippen molar-refractivity contribution in [1.29, 1.82) is 0 Å². The minimum Gasteiger partial charge on any atom is -0.497 e. The van der Waals surface area contributed by atoms with Gasteiger partial charge in [0.15, 0.2) is 5.78 Å². The number of rotatable bonds is 7. The van der Waals surface area contributed by atoms with Gasteiger partial charge in [0.2, 0.25) is 5.91 Å². The molecule has 0 radical (unpaired) electrons. The number of piperazine rings is 1. The number of ether oxygens (including phenoxy) is 1. The highest BCUT2D eigenvalue weighted by atomic mass is 16.5. The first kappa shape index (κ1) is 22.6. The van der Waals surface area contributed by atoms with Crippen LogP contribution in [-0.4, -0.2) is 55.9 Å². The highest BCUT2D eigenvalue weighted by molar-refractivity contribution is 6.14. The molecule has 1 N–H and O–H groups in total. The molecular weight excluding hydrogens is 414 g/mol. The predicted octanol–water partition coefficient (Wildman–Crippen LogP) is 4.08. The van der Waals surface area contributed by atoms with Crippen molar-refractivity contribution in [3.8, 4) is 5.75 Å². The van der Waals surface area contributed by atoms with Gasteiger partial charge in [0.25, 0.3) is 0 Å². The summed E-state index contributed by atoms with van der Waals surface area (Å²) in [7, 11) is 1.67. The Morgan fingerprint density at radius 3 is 2.30 bits per heavy atom. The molecule has 0 saturated carbocycles. The molecule has 170 valence electrons. The number of nitrogens with one attached hydrogen (secondary N) is 1. The van der Waals surface area contributed by atoms with Crippen molar-refractivity contribution >= 4 is 23.1 Å². The summed E-state index contributed by atoms with van der Waals surface area (Å²) in [6, 6.07) is 24.0. The van der Waals surface area contributed by atoms with Crippen molar-refractivity contribution < 1.29 is 14.3 Å². The molecule has 1 fully saturated rings.